The van der Waals surface area contributed by atoms with Gasteiger partial charge in [0.05, 0.1) is 0 Å². The fraction of sp³-hybridized carbons (Fsp3) is 0.154. The van der Waals surface area contributed by atoms with E-state index in [1.54, 1.807) is 0 Å². The van der Waals surface area contributed by atoms with Crippen LogP contribution in [0.25, 0.3) is 0 Å². The zero-order valence-electron chi connectivity index (χ0n) is 15.8. The van der Waals surface area contributed by atoms with E-state index in [2.05, 4.69) is 51.4 Å². The van der Waals surface area contributed by atoms with Gasteiger partial charge < -0.3 is 0 Å². The van der Waals surface area contributed by atoms with E-state index in [-0.39, 0.29) is 0 Å². The zero-order valence-corrected chi connectivity index (χ0v) is 15.8. The van der Waals surface area contributed by atoms with Gasteiger partial charge in [-0.1, -0.05) is 60.1 Å². The Morgan fingerprint density at radius 3 is 1.04 bits per heavy atom. The second kappa shape index (κ2) is 7.77. The Bertz CT molecular complexity index is 930. The predicted molar refractivity (Wildman–Crippen MR) is 110 cm³/mol. The van der Waals surface area contributed by atoms with Crippen LogP contribution in [0.15, 0.2) is 60.7 Å². The van der Waals surface area contributed by atoms with Gasteiger partial charge in [0, 0.05) is 22.3 Å². The third kappa shape index (κ3) is 3.72. The van der Waals surface area contributed by atoms with Crippen molar-refractivity contribution in [3.05, 3.63) is 105 Å². The molecular weight excluding hydrogens is 312 g/mol. The first-order valence-electron chi connectivity index (χ1n) is 8.82. The second-order valence-electron chi connectivity index (χ2n) is 6.48. The van der Waals surface area contributed by atoms with E-state index in [9.17, 15) is 0 Å². The van der Waals surface area contributed by atoms with E-state index >= 15 is 0 Å². The largest absolute Gasteiger partial charge is 0.0622 e. The smallest absolute Gasteiger partial charge is 0.0313 e. The second-order valence-corrected chi connectivity index (χ2v) is 6.48. The summed E-state index contributed by atoms with van der Waals surface area (Å²) in [7, 11) is 0. The van der Waals surface area contributed by atoms with Gasteiger partial charge in [0.25, 0.3) is 0 Å². The van der Waals surface area contributed by atoms with E-state index in [1.165, 1.54) is 22.3 Å². The summed E-state index contributed by atoms with van der Waals surface area (Å²) in [6, 6.07) is 20.2. The molecule has 0 nitrogen and oxygen atoms in total. The van der Waals surface area contributed by atoms with Crippen LogP contribution in [0.3, 0.4) is 0 Å². The molecular formula is C26H22. The van der Waals surface area contributed by atoms with Crippen molar-refractivity contribution in [1.29, 1.82) is 0 Å². The Morgan fingerprint density at radius 1 is 0.423 bits per heavy atom. The first-order chi connectivity index (χ1) is 12.6. The summed E-state index contributed by atoms with van der Waals surface area (Å²) in [6.07, 6.45) is 0. The number of rotatable bonds is 0. The topological polar surface area (TPSA) is 0 Å². The monoisotopic (exact) mass is 334 g/mol. The minimum absolute atomic E-state index is 1.04. The molecule has 0 aliphatic carbocycles. The fourth-order valence-corrected chi connectivity index (χ4v) is 3.00. The highest BCUT2D eigenvalue weighted by molar-refractivity contribution is 5.62. The molecule has 0 saturated carbocycles. The summed E-state index contributed by atoms with van der Waals surface area (Å²) in [5.74, 6) is 13.3. The molecule has 0 aliphatic heterocycles. The van der Waals surface area contributed by atoms with E-state index in [0.29, 0.717) is 0 Å². The molecule has 0 spiro atoms. The van der Waals surface area contributed by atoms with Crippen molar-refractivity contribution in [2.75, 3.05) is 0 Å². The average Bonchev–Trinajstić information content (AvgIpc) is 2.68. The van der Waals surface area contributed by atoms with Gasteiger partial charge >= 0.3 is 0 Å². The highest BCUT2D eigenvalue weighted by atomic mass is 14.1. The van der Waals surface area contributed by atoms with Gasteiger partial charge in [0.15, 0.2) is 0 Å². The van der Waals surface area contributed by atoms with Crippen molar-refractivity contribution in [2.45, 2.75) is 27.7 Å². The molecule has 126 valence electrons. The molecule has 0 fully saturated rings. The van der Waals surface area contributed by atoms with Crippen LogP contribution < -0.4 is 0 Å². The minimum atomic E-state index is 1.04. The summed E-state index contributed by atoms with van der Waals surface area (Å²) in [5.41, 5.74) is 9.18. The lowest BCUT2D eigenvalue weighted by molar-refractivity contribution is 1.20. The molecule has 0 aliphatic rings. The van der Waals surface area contributed by atoms with Gasteiger partial charge in [-0.3, -0.25) is 0 Å². The lowest BCUT2D eigenvalue weighted by Crippen LogP contribution is -2.01. The minimum Gasteiger partial charge on any atom is -0.0622 e. The predicted octanol–water partition coefficient (Wildman–Crippen LogP) is 5.72. The maximum atomic E-state index is 3.38. The maximum Gasteiger partial charge on any atom is 0.0313 e. The quantitative estimate of drug-likeness (QED) is 0.461. The summed E-state index contributed by atoms with van der Waals surface area (Å²) >= 11 is 0. The Morgan fingerprint density at radius 2 is 0.731 bits per heavy atom. The van der Waals surface area contributed by atoms with Crippen molar-refractivity contribution >= 4 is 0 Å². The van der Waals surface area contributed by atoms with E-state index in [1.807, 2.05) is 60.7 Å². The van der Waals surface area contributed by atoms with E-state index in [0.717, 1.165) is 22.3 Å². The van der Waals surface area contributed by atoms with Crippen molar-refractivity contribution in [2.24, 2.45) is 0 Å². The normalized spacial score (nSPS) is 9.69. The molecule has 0 saturated heterocycles. The third-order valence-electron chi connectivity index (χ3n) is 4.84. The first kappa shape index (κ1) is 17.6. The highest BCUT2D eigenvalue weighted by Gasteiger charge is 2.12. The van der Waals surface area contributed by atoms with Gasteiger partial charge in [0.1, 0.15) is 0 Å². The van der Waals surface area contributed by atoms with Crippen LogP contribution in [0.4, 0.5) is 0 Å². The number of hydrogen-bond donors (Lipinski definition) is 0. The molecule has 3 aromatic rings. The van der Waals surface area contributed by atoms with Crippen LogP contribution in [-0.2, 0) is 0 Å². The zero-order chi connectivity index (χ0) is 18.5. The van der Waals surface area contributed by atoms with Gasteiger partial charge in [-0.25, -0.2) is 0 Å². The SMILES string of the molecule is Cc1c(C)c(C#Cc2ccccc2)c(C)c(C)c1C#Cc1ccccc1. The molecule has 0 N–H and O–H groups in total. The first-order valence-corrected chi connectivity index (χ1v) is 8.82. The van der Waals surface area contributed by atoms with Crippen LogP contribution >= 0.6 is 0 Å². The molecule has 0 aromatic heterocycles. The standard InChI is InChI=1S/C26H22/c1-19-20(2)26(18-16-24-13-9-6-10-14-24)22(4)21(3)25(19)17-15-23-11-7-5-8-12-23/h5-14H,1-4H3. The van der Waals surface area contributed by atoms with E-state index in [4.69, 9.17) is 0 Å². The summed E-state index contributed by atoms with van der Waals surface area (Å²) in [6.45, 7) is 8.57. The van der Waals surface area contributed by atoms with Crippen LogP contribution in [0.5, 0.6) is 0 Å². The molecule has 3 aromatic carbocycles. The number of hydrogen-bond acceptors (Lipinski definition) is 0. The van der Waals surface area contributed by atoms with Crippen molar-refractivity contribution in [3.8, 4) is 23.7 Å². The Labute approximate surface area is 156 Å². The molecule has 0 unspecified atom stereocenters. The Balaban J connectivity index is 2.06. The van der Waals surface area contributed by atoms with Crippen LogP contribution in [0, 0.1) is 51.4 Å². The van der Waals surface area contributed by atoms with Gasteiger partial charge in [-0.15, -0.1) is 0 Å². The maximum absolute atomic E-state index is 3.38. The lowest BCUT2D eigenvalue weighted by atomic mass is 9.89. The van der Waals surface area contributed by atoms with Crippen LogP contribution in [0.2, 0.25) is 0 Å². The molecule has 0 bridgehead atoms. The van der Waals surface area contributed by atoms with E-state index < -0.39 is 0 Å². The van der Waals surface area contributed by atoms with Gasteiger partial charge in [0.2, 0.25) is 0 Å². The van der Waals surface area contributed by atoms with Crippen LogP contribution in [-0.4, -0.2) is 0 Å². The molecule has 3 rings (SSSR count). The van der Waals surface area contributed by atoms with Crippen molar-refractivity contribution in [1.82, 2.24) is 0 Å². The molecule has 0 atom stereocenters. The third-order valence-corrected chi connectivity index (χ3v) is 4.84. The fourth-order valence-electron chi connectivity index (χ4n) is 3.00. The molecule has 0 heterocycles. The van der Waals surface area contributed by atoms with Crippen LogP contribution in [0.1, 0.15) is 44.5 Å². The average molecular weight is 334 g/mol. The summed E-state index contributed by atoms with van der Waals surface area (Å²) in [4.78, 5) is 0. The number of benzene rings is 3. The molecule has 0 radical (unpaired) electrons. The molecule has 26 heavy (non-hydrogen) atoms. The molecule has 0 amide bonds. The van der Waals surface area contributed by atoms with Gasteiger partial charge in [-0.05, 0) is 74.2 Å². The van der Waals surface area contributed by atoms with Gasteiger partial charge in [-0.2, -0.15) is 0 Å². The van der Waals surface area contributed by atoms with Crippen molar-refractivity contribution < 1.29 is 0 Å². The molecule has 0 heteroatoms. The Kier molecular flexibility index (Phi) is 5.26. The Hall–Kier alpha value is -3.22. The summed E-state index contributed by atoms with van der Waals surface area (Å²) < 4.78 is 0. The van der Waals surface area contributed by atoms with Crippen molar-refractivity contribution in [3.63, 3.8) is 0 Å². The summed E-state index contributed by atoms with van der Waals surface area (Å²) in [5, 5.41) is 0. The highest BCUT2D eigenvalue weighted by Crippen LogP contribution is 2.25. The lowest BCUT2D eigenvalue weighted by Gasteiger charge is -2.14.